The normalized spacial score (nSPS) is 11.1. The van der Waals surface area contributed by atoms with Crippen molar-refractivity contribution in [3.8, 4) is 0 Å². The van der Waals surface area contributed by atoms with E-state index in [9.17, 15) is 8.42 Å². The van der Waals surface area contributed by atoms with Crippen LogP contribution in [0.5, 0.6) is 0 Å². The van der Waals surface area contributed by atoms with Gasteiger partial charge in [-0.25, -0.2) is 8.42 Å². The number of hydrogen-bond donors (Lipinski definition) is 2. The van der Waals surface area contributed by atoms with Crippen LogP contribution in [0.25, 0.3) is 0 Å². The van der Waals surface area contributed by atoms with Gasteiger partial charge in [0.1, 0.15) is 5.01 Å². The van der Waals surface area contributed by atoms with E-state index in [2.05, 4.69) is 14.9 Å². The van der Waals surface area contributed by atoms with Crippen LogP contribution in [0.1, 0.15) is 25.8 Å². The molecule has 0 aromatic carbocycles. The Bertz CT molecular complexity index is 361. The largest absolute Gasteiger partial charge is 0.259 e. The van der Waals surface area contributed by atoms with Crippen molar-refractivity contribution in [3.05, 3.63) is 5.01 Å². The first-order valence-electron chi connectivity index (χ1n) is 3.64. The van der Waals surface area contributed by atoms with Crippen molar-refractivity contribution in [1.82, 2.24) is 10.2 Å². The summed E-state index contributed by atoms with van der Waals surface area (Å²) < 4.78 is 22.8. The quantitative estimate of drug-likeness (QED) is 0.583. The summed E-state index contributed by atoms with van der Waals surface area (Å²) in [6.07, 6.45) is 0. The molecule has 0 aliphatic carbocycles. The zero-order valence-electron chi connectivity index (χ0n) is 8.57. The Labute approximate surface area is 111 Å². The molecule has 1 radical (unpaired) electrons. The molecule has 0 bridgehead atoms. The van der Waals surface area contributed by atoms with Gasteiger partial charge in [-0.1, -0.05) is 32.1 Å². The second-order valence-electron chi connectivity index (χ2n) is 3.53. The average molecular weight is 244 g/mol. The van der Waals surface area contributed by atoms with Crippen molar-refractivity contribution >= 4 is 56.9 Å². The molecule has 0 fully saturated rings. The molecule has 0 atom stereocenters. The van der Waals surface area contributed by atoms with Crippen molar-refractivity contribution in [1.29, 1.82) is 0 Å². The van der Waals surface area contributed by atoms with Crippen LogP contribution in [0.4, 0.5) is 5.13 Å². The molecule has 0 aliphatic rings. The number of nitrogens with one attached hydrogen (secondary N) is 1. The van der Waals surface area contributed by atoms with Crippen molar-refractivity contribution in [2.75, 3.05) is 4.72 Å². The van der Waals surface area contributed by atoms with Crippen molar-refractivity contribution in [3.63, 3.8) is 0 Å². The predicted octanol–water partition coefficient (Wildman–Crippen LogP) is 0.393. The van der Waals surface area contributed by atoms with E-state index >= 15 is 0 Å². The fraction of sp³-hybridized carbons (Fsp3) is 0.667. The summed E-state index contributed by atoms with van der Waals surface area (Å²) >= 11 is 1.25. The minimum absolute atomic E-state index is 0. The Morgan fingerprint density at radius 3 is 2.21 bits per heavy atom. The number of nitrogens with zero attached hydrogens (tertiary/aromatic N) is 2. The van der Waals surface area contributed by atoms with E-state index in [1.807, 2.05) is 20.8 Å². The maximum Gasteiger partial charge on any atom is 0.224 e. The third-order valence-corrected chi connectivity index (χ3v) is 3.06. The molecule has 1 aromatic rings. The zero-order valence-corrected chi connectivity index (χ0v) is 12.3. The van der Waals surface area contributed by atoms with Crippen molar-refractivity contribution in [2.45, 2.75) is 26.2 Å². The van der Waals surface area contributed by atoms with Gasteiger partial charge in [0.05, 0.1) is 0 Å². The van der Waals surface area contributed by atoms with Crippen molar-refractivity contribution in [2.24, 2.45) is 0 Å². The van der Waals surface area contributed by atoms with Crippen LogP contribution < -0.4 is 4.72 Å². The Morgan fingerprint density at radius 2 is 1.86 bits per heavy atom. The second kappa shape index (κ2) is 5.41. The van der Waals surface area contributed by atoms with Gasteiger partial charge in [-0.05, 0) is 0 Å². The molecule has 1 N–H and O–H groups in total. The number of thiol groups is 1. The van der Waals surface area contributed by atoms with Gasteiger partial charge in [-0.2, -0.15) is 0 Å². The number of anilines is 1. The van der Waals surface area contributed by atoms with Gasteiger partial charge in [0.25, 0.3) is 0 Å². The summed E-state index contributed by atoms with van der Waals surface area (Å²) in [5.41, 5.74) is -0.0911. The second-order valence-corrected chi connectivity index (χ2v) is 5.25. The topological polar surface area (TPSA) is 72.0 Å². The molecule has 0 spiro atoms. The third kappa shape index (κ3) is 4.22. The molecule has 0 unspecified atom stereocenters. The molecule has 14 heavy (non-hydrogen) atoms. The van der Waals surface area contributed by atoms with Gasteiger partial charge >= 0.3 is 0 Å². The average Bonchev–Trinajstić information content (AvgIpc) is 2.32. The van der Waals surface area contributed by atoms with Gasteiger partial charge in [-0.15, -0.1) is 10.2 Å². The molecule has 1 rings (SSSR count). The molecule has 75 valence electrons. The molecule has 0 saturated carbocycles. The van der Waals surface area contributed by atoms with E-state index in [0.717, 1.165) is 5.01 Å². The van der Waals surface area contributed by atoms with Crippen molar-refractivity contribution < 1.29 is 8.42 Å². The monoisotopic (exact) mass is 244 g/mol. The Hall–Kier alpha value is 0.310. The Morgan fingerprint density at radius 1 is 1.29 bits per heavy atom. The molecule has 0 aliphatic heterocycles. The SMILES string of the molecule is CC(C)(C)c1nnc(N[SH](=O)=O)s1.[Na]. The van der Waals surface area contributed by atoms with Gasteiger partial charge in [0.15, 0.2) is 0 Å². The van der Waals surface area contributed by atoms with Crippen LogP contribution in [0.3, 0.4) is 0 Å². The minimum atomic E-state index is -2.64. The van der Waals surface area contributed by atoms with Crippen LogP contribution in [-0.4, -0.2) is 48.2 Å². The molecular weight excluding hydrogens is 233 g/mol. The van der Waals surface area contributed by atoms with Crippen LogP contribution in [0.15, 0.2) is 0 Å². The van der Waals surface area contributed by atoms with Gasteiger partial charge in [0, 0.05) is 35.0 Å². The number of aromatic nitrogens is 2. The first kappa shape index (κ1) is 14.3. The summed E-state index contributed by atoms with van der Waals surface area (Å²) in [6, 6.07) is 0. The van der Waals surface area contributed by atoms with E-state index in [1.165, 1.54) is 11.3 Å². The van der Waals surface area contributed by atoms with E-state index in [1.54, 1.807) is 0 Å². The predicted molar refractivity (Wildman–Crippen MR) is 58.3 cm³/mol. The number of hydrogen-bond acceptors (Lipinski definition) is 5. The van der Waals surface area contributed by atoms with Gasteiger partial charge < -0.3 is 0 Å². The van der Waals surface area contributed by atoms with Crippen LogP contribution in [0.2, 0.25) is 0 Å². The molecule has 1 aromatic heterocycles. The van der Waals surface area contributed by atoms with Gasteiger partial charge in [-0.3, -0.25) is 4.72 Å². The molecule has 0 saturated heterocycles. The number of rotatable bonds is 2. The van der Waals surface area contributed by atoms with Gasteiger partial charge in [0.2, 0.25) is 16.0 Å². The Kier molecular flexibility index (Phi) is 5.53. The molecule has 0 amide bonds. The minimum Gasteiger partial charge on any atom is -0.259 e. The smallest absolute Gasteiger partial charge is 0.224 e. The molecule has 8 heteroatoms. The van der Waals surface area contributed by atoms with E-state index in [-0.39, 0.29) is 35.0 Å². The first-order valence-corrected chi connectivity index (χ1v) is 5.64. The fourth-order valence-corrected chi connectivity index (χ4v) is 1.91. The summed E-state index contributed by atoms with van der Waals surface area (Å²) in [5, 5.41) is 8.71. The maximum absolute atomic E-state index is 10.3. The van der Waals surface area contributed by atoms with Crippen LogP contribution in [0, 0.1) is 0 Å². The molecular formula is C6H11N3NaO2S2. The van der Waals surface area contributed by atoms with E-state index in [4.69, 9.17) is 0 Å². The van der Waals surface area contributed by atoms with E-state index in [0.29, 0.717) is 5.13 Å². The zero-order chi connectivity index (χ0) is 10.1. The molecule has 1 heterocycles. The fourth-order valence-electron chi connectivity index (χ4n) is 0.650. The summed E-state index contributed by atoms with van der Waals surface area (Å²) in [5.74, 6) is 0. The standard InChI is InChI=1S/C6H11N3O2S2.Na/c1-6(2,3)4-7-8-5(12-4)9-13(10)11;/h13H,1-3H3,(H,8,9,10,11);. The maximum atomic E-state index is 10.3. The van der Waals surface area contributed by atoms with Crippen LogP contribution in [-0.2, 0) is 16.3 Å². The summed E-state index contributed by atoms with van der Waals surface area (Å²) in [6.45, 7) is 5.98. The molecule has 5 nitrogen and oxygen atoms in total. The third-order valence-electron chi connectivity index (χ3n) is 1.25. The van der Waals surface area contributed by atoms with Crippen LogP contribution >= 0.6 is 11.3 Å². The summed E-state index contributed by atoms with van der Waals surface area (Å²) in [7, 11) is -2.64. The first-order chi connectivity index (χ1) is 5.89. The Balaban J connectivity index is 0.00000169. The summed E-state index contributed by atoms with van der Waals surface area (Å²) in [4.78, 5) is 0. The van der Waals surface area contributed by atoms with E-state index < -0.39 is 10.9 Å².